The number of H-pyrrole nitrogens is 1. The number of hydrogen-bond donors (Lipinski definition) is 2. The van der Waals surface area contributed by atoms with Crippen molar-refractivity contribution in [2.24, 2.45) is 0 Å². The summed E-state index contributed by atoms with van der Waals surface area (Å²) in [5.74, 6) is -0.182. The molecule has 0 unspecified atom stereocenters. The summed E-state index contributed by atoms with van der Waals surface area (Å²) in [5, 5.41) is 3.09. The Morgan fingerprint density at radius 1 is 1.16 bits per heavy atom. The van der Waals surface area contributed by atoms with Gasteiger partial charge in [0.15, 0.2) is 23.1 Å². The van der Waals surface area contributed by atoms with Crippen molar-refractivity contribution in [1.82, 2.24) is 20.2 Å². The first-order chi connectivity index (χ1) is 15.0. The van der Waals surface area contributed by atoms with E-state index in [-0.39, 0.29) is 30.4 Å². The summed E-state index contributed by atoms with van der Waals surface area (Å²) < 4.78 is 38.2. The van der Waals surface area contributed by atoms with Gasteiger partial charge < -0.3 is 19.8 Å². The molecule has 2 aromatic carbocycles. The van der Waals surface area contributed by atoms with E-state index < -0.39 is 11.6 Å². The molecular formula is C22H23ClF2N4O3. The molecule has 10 heteroatoms. The van der Waals surface area contributed by atoms with Crippen LogP contribution in [0, 0.1) is 11.6 Å². The van der Waals surface area contributed by atoms with Crippen molar-refractivity contribution in [2.45, 2.75) is 24.9 Å². The van der Waals surface area contributed by atoms with E-state index in [1.165, 1.54) is 0 Å². The maximum atomic E-state index is 13.6. The number of hydrogen-bond acceptors (Lipinski definition) is 5. The van der Waals surface area contributed by atoms with Crippen LogP contribution in [0.25, 0.3) is 11.0 Å². The van der Waals surface area contributed by atoms with E-state index >= 15 is 0 Å². The number of aromatic nitrogens is 2. The van der Waals surface area contributed by atoms with Crippen molar-refractivity contribution in [2.75, 3.05) is 26.8 Å². The predicted molar refractivity (Wildman–Crippen MR) is 117 cm³/mol. The second kappa shape index (κ2) is 8.91. The highest BCUT2D eigenvalue weighted by Gasteiger charge is 2.31. The molecule has 3 aromatic rings. The normalized spacial score (nSPS) is 20.6. The van der Waals surface area contributed by atoms with Crippen LogP contribution < -0.4 is 14.8 Å². The van der Waals surface area contributed by atoms with Gasteiger partial charge in [-0.2, -0.15) is 0 Å². The fraction of sp³-hybridized carbons (Fsp3) is 0.364. The molecular weight excluding hydrogens is 442 g/mol. The molecule has 1 aromatic heterocycles. The van der Waals surface area contributed by atoms with Crippen molar-refractivity contribution in [1.29, 1.82) is 0 Å². The lowest BCUT2D eigenvalue weighted by Crippen LogP contribution is -2.45. The number of likely N-dealkylation sites (tertiary alicyclic amines) is 1. The molecule has 3 heterocycles. The molecule has 5 rings (SSSR count). The number of aromatic amines is 1. The Labute approximate surface area is 189 Å². The fourth-order valence-corrected chi connectivity index (χ4v) is 4.17. The van der Waals surface area contributed by atoms with Gasteiger partial charge in [-0.25, -0.2) is 13.8 Å². The van der Waals surface area contributed by atoms with Crippen molar-refractivity contribution in [3.05, 3.63) is 53.4 Å². The molecule has 1 saturated heterocycles. The first-order valence-corrected chi connectivity index (χ1v) is 10.2. The van der Waals surface area contributed by atoms with Gasteiger partial charge >= 0.3 is 0 Å². The standard InChI is InChI=1S/C22H22F2N4O3.ClH/c1-28-5-4-13(25-22(29)12-2-3-19-20(8-12)31-7-6-30-19)9-18(28)21-26-16-10-14(23)15(24)11-17(16)27-21;/h2-3,8,10-11,13,18H,4-7,9H2,1H3,(H,25,29)(H,26,27);1H/t13-,18-;/m1./s1. The highest BCUT2D eigenvalue weighted by molar-refractivity contribution is 5.95. The van der Waals surface area contributed by atoms with Gasteiger partial charge in [-0.15, -0.1) is 12.4 Å². The van der Waals surface area contributed by atoms with Crippen LogP contribution in [0.4, 0.5) is 8.78 Å². The third-order valence-electron chi connectivity index (χ3n) is 5.87. The Kier molecular flexibility index (Phi) is 6.21. The molecule has 0 radical (unpaired) electrons. The Morgan fingerprint density at radius 2 is 1.91 bits per heavy atom. The quantitative estimate of drug-likeness (QED) is 0.619. The third-order valence-corrected chi connectivity index (χ3v) is 5.87. The van der Waals surface area contributed by atoms with Crippen molar-refractivity contribution in [3.63, 3.8) is 0 Å². The lowest BCUT2D eigenvalue weighted by atomic mass is 9.96. The third kappa shape index (κ3) is 4.22. The van der Waals surface area contributed by atoms with Gasteiger partial charge in [0.25, 0.3) is 5.91 Å². The van der Waals surface area contributed by atoms with Crippen LogP contribution in [0.15, 0.2) is 30.3 Å². The molecule has 0 spiro atoms. The number of carbonyl (C=O) groups is 1. The van der Waals surface area contributed by atoms with Crippen molar-refractivity contribution in [3.8, 4) is 11.5 Å². The van der Waals surface area contributed by atoms with E-state index in [9.17, 15) is 13.6 Å². The maximum absolute atomic E-state index is 13.6. The average Bonchev–Trinajstić information content (AvgIpc) is 3.17. The lowest BCUT2D eigenvalue weighted by Gasteiger charge is -2.36. The monoisotopic (exact) mass is 464 g/mol. The van der Waals surface area contributed by atoms with Gasteiger partial charge in [-0.1, -0.05) is 0 Å². The number of imidazole rings is 1. The molecule has 2 aliphatic heterocycles. The molecule has 0 saturated carbocycles. The number of piperidine rings is 1. The number of nitrogens with one attached hydrogen (secondary N) is 2. The van der Waals surface area contributed by atoms with E-state index in [2.05, 4.69) is 20.2 Å². The summed E-state index contributed by atoms with van der Waals surface area (Å²) in [5.41, 5.74) is 1.34. The zero-order valence-electron chi connectivity index (χ0n) is 17.4. The van der Waals surface area contributed by atoms with Crippen LogP contribution >= 0.6 is 12.4 Å². The van der Waals surface area contributed by atoms with Gasteiger partial charge in [0.05, 0.1) is 17.1 Å². The van der Waals surface area contributed by atoms with E-state index in [0.29, 0.717) is 53.6 Å². The summed E-state index contributed by atoms with van der Waals surface area (Å²) in [4.78, 5) is 22.5. The minimum Gasteiger partial charge on any atom is -0.486 e. The molecule has 1 amide bonds. The molecule has 2 N–H and O–H groups in total. The Bertz CT molecular complexity index is 1120. The first kappa shape index (κ1) is 22.3. The minimum atomic E-state index is -0.924. The smallest absolute Gasteiger partial charge is 0.251 e. The van der Waals surface area contributed by atoms with Crippen LogP contribution in [0.2, 0.25) is 0 Å². The van der Waals surface area contributed by atoms with Crippen molar-refractivity contribution < 1.29 is 23.0 Å². The summed E-state index contributed by atoms with van der Waals surface area (Å²) in [7, 11) is 1.97. The summed E-state index contributed by atoms with van der Waals surface area (Å²) in [6.07, 6.45) is 1.41. The Balaban J connectivity index is 0.00000245. The van der Waals surface area contributed by atoms with E-state index in [1.807, 2.05) is 7.05 Å². The molecule has 1 fully saturated rings. The van der Waals surface area contributed by atoms with Crippen molar-refractivity contribution >= 4 is 29.3 Å². The number of rotatable bonds is 3. The number of benzene rings is 2. The molecule has 2 aliphatic rings. The van der Waals surface area contributed by atoms with Crippen LogP contribution in [-0.4, -0.2) is 53.6 Å². The number of amides is 1. The van der Waals surface area contributed by atoms with E-state index in [1.54, 1.807) is 18.2 Å². The largest absolute Gasteiger partial charge is 0.486 e. The zero-order valence-corrected chi connectivity index (χ0v) is 18.2. The van der Waals surface area contributed by atoms with Crippen LogP contribution in [0.3, 0.4) is 0 Å². The van der Waals surface area contributed by atoms with Crippen LogP contribution in [0.1, 0.15) is 35.1 Å². The molecule has 170 valence electrons. The van der Waals surface area contributed by atoms with Gasteiger partial charge in [0.1, 0.15) is 19.0 Å². The maximum Gasteiger partial charge on any atom is 0.251 e. The highest BCUT2D eigenvalue weighted by Crippen LogP contribution is 2.32. The zero-order chi connectivity index (χ0) is 21.5. The second-order valence-corrected chi connectivity index (χ2v) is 7.96. The van der Waals surface area contributed by atoms with Crippen LogP contribution in [-0.2, 0) is 0 Å². The van der Waals surface area contributed by atoms with Gasteiger partial charge in [0, 0.05) is 30.3 Å². The van der Waals surface area contributed by atoms with Gasteiger partial charge in [0.2, 0.25) is 0 Å². The molecule has 0 aliphatic carbocycles. The van der Waals surface area contributed by atoms with Gasteiger partial charge in [-0.05, 0) is 38.1 Å². The van der Waals surface area contributed by atoms with E-state index in [0.717, 1.165) is 25.1 Å². The van der Waals surface area contributed by atoms with Gasteiger partial charge in [-0.3, -0.25) is 9.69 Å². The second-order valence-electron chi connectivity index (χ2n) is 7.96. The molecule has 32 heavy (non-hydrogen) atoms. The summed E-state index contributed by atoms with van der Waals surface area (Å²) >= 11 is 0. The Hall–Kier alpha value is -2.91. The molecule has 0 bridgehead atoms. The number of ether oxygens (including phenoxy) is 2. The number of carbonyl (C=O) groups excluding carboxylic acids is 1. The fourth-order valence-electron chi connectivity index (χ4n) is 4.17. The number of nitrogens with zero attached hydrogens (tertiary/aromatic N) is 2. The first-order valence-electron chi connectivity index (χ1n) is 10.2. The SMILES string of the molecule is CN1CC[C@@H](NC(=O)c2ccc3c(c2)OCCO3)C[C@@H]1c1nc2cc(F)c(F)cc2[nH]1.Cl. The molecule has 2 atom stereocenters. The summed E-state index contributed by atoms with van der Waals surface area (Å²) in [6.45, 7) is 1.70. The topological polar surface area (TPSA) is 79.5 Å². The minimum absolute atomic E-state index is 0. The Morgan fingerprint density at radius 3 is 2.72 bits per heavy atom. The number of fused-ring (bicyclic) bond motifs is 2. The average molecular weight is 465 g/mol. The molecule has 7 nitrogen and oxygen atoms in total. The predicted octanol–water partition coefficient (Wildman–Crippen LogP) is 3.60. The number of halogens is 3. The lowest BCUT2D eigenvalue weighted by molar-refractivity contribution is 0.0883. The van der Waals surface area contributed by atoms with E-state index in [4.69, 9.17) is 9.47 Å². The van der Waals surface area contributed by atoms with Crippen LogP contribution in [0.5, 0.6) is 11.5 Å². The highest BCUT2D eigenvalue weighted by atomic mass is 35.5. The summed E-state index contributed by atoms with van der Waals surface area (Å²) in [6, 6.07) is 7.19.